The molecule has 2 heterocycles. The van der Waals surface area contributed by atoms with Crippen molar-refractivity contribution in [3.63, 3.8) is 0 Å². The van der Waals surface area contributed by atoms with Gasteiger partial charge in [-0.3, -0.25) is 14.9 Å². The summed E-state index contributed by atoms with van der Waals surface area (Å²) < 4.78 is 0. The minimum Gasteiger partial charge on any atom is -0.311 e. The third-order valence-corrected chi connectivity index (χ3v) is 2.88. The van der Waals surface area contributed by atoms with Crippen LogP contribution in [-0.2, 0) is 13.1 Å². The lowest BCUT2D eigenvalue weighted by Gasteiger charge is -2.16. The number of rotatable bonds is 7. The Morgan fingerprint density at radius 2 is 2.11 bits per heavy atom. The maximum Gasteiger partial charge on any atom is 0.0543 e. The molecule has 2 aromatic heterocycles. The zero-order valence-electron chi connectivity index (χ0n) is 11.3. The molecule has 0 saturated heterocycles. The van der Waals surface area contributed by atoms with Crippen LogP contribution in [0.3, 0.4) is 0 Å². The van der Waals surface area contributed by atoms with Crippen LogP contribution in [0.1, 0.15) is 11.3 Å². The predicted molar refractivity (Wildman–Crippen MR) is 76.5 cm³/mol. The maximum absolute atomic E-state index is 4.32. The number of hydrogen-bond donors (Lipinski definition) is 1. The van der Waals surface area contributed by atoms with Gasteiger partial charge in [-0.25, -0.2) is 0 Å². The van der Waals surface area contributed by atoms with E-state index in [-0.39, 0.29) is 0 Å². The zero-order valence-corrected chi connectivity index (χ0v) is 11.3. The normalized spacial score (nSPS) is 10.8. The maximum atomic E-state index is 4.32. The second-order valence-corrected chi connectivity index (χ2v) is 4.60. The van der Waals surface area contributed by atoms with Gasteiger partial charge in [0.05, 0.1) is 5.69 Å². The molecule has 4 nitrogen and oxygen atoms in total. The summed E-state index contributed by atoms with van der Waals surface area (Å²) in [7, 11) is 2.11. The van der Waals surface area contributed by atoms with Gasteiger partial charge in [0.2, 0.25) is 0 Å². The van der Waals surface area contributed by atoms with E-state index in [9.17, 15) is 0 Å². The minimum atomic E-state index is 0.866. The average Bonchev–Trinajstić information content (AvgIpc) is 2.46. The Balaban J connectivity index is 1.63. The molecule has 0 atom stereocenters. The van der Waals surface area contributed by atoms with Crippen LogP contribution in [0.25, 0.3) is 0 Å². The molecule has 0 saturated carbocycles. The van der Waals surface area contributed by atoms with Crippen LogP contribution in [0.2, 0.25) is 0 Å². The molecule has 0 unspecified atom stereocenters. The monoisotopic (exact) mass is 256 g/mol. The van der Waals surface area contributed by atoms with Gasteiger partial charge in [-0.05, 0) is 30.8 Å². The second-order valence-electron chi connectivity index (χ2n) is 4.60. The van der Waals surface area contributed by atoms with Crippen LogP contribution >= 0.6 is 0 Å². The van der Waals surface area contributed by atoms with Crippen molar-refractivity contribution in [3.05, 3.63) is 60.2 Å². The highest BCUT2D eigenvalue weighted by Gasteiger charge is 2.00. The Hall–Kier alpha value is -1.78. The van der Waals surface area contributed by atoms with Gasteiger partial charge < -0.3 is 5.32 Å². The van der Waals surface area contributed by atoms with Gasteiger partial charge in [0.25, 0.3) is 0 Å². The van der Waals surface area contributed by atoms with E-state index >= 15 is 0 Å². The van der Waals surface area contributed by atoms with Crippen LogP contribution in [0, 0.1) is 0 Å². The fourth-order valence-electron chi connectivity index (χ4n) is 1.85. The van der Waals surface area contributed by atoms with E-state index in [4.69, 9.17) is 0 Å². The van der Waals surface area contributed by atoms with Gasteiger partial charge in [-0.15, -0.1) is 0 Å². The Morgan fingerprint density at radius 1 is 1.16 bits per heavy atom. The molecule has 0 aliphatic heterocycles. The van der Waals surface area contributed by atoms with E-state index < -0.39 is 0 Å². The number of nitrogens with zero attached hydrogens (tertiary/aromatic N) is 3. The Bertz CT molecular complexity index is 458. The molecule has 0 aromatic carbocycles. The van der Waals surface area contributed by atoms with Crippen molar-refractivity contribution in [1.82, 2.24) is 20.2 Å². The highest BCUT2D eigenvalue weighted by atomic mass is 15.1. The second kappa shape index (κ2) is 7.61. The van der Waals surface area contributed by atoms with Crippen molar-refractivity contribution in [3.8, 4) is 0 Å². The van der Waals surface area contributed by atoms with Crippen molar-refractivity contribution in [2.45, 2.75) is 13.1 Å². The fraction of sp³-hybridized carbons (Fsp3) is 0.333. The van der Waals surface area contributed by atoms with Gasteiger partial charge in [0.1, 0.15) is 0 Å². The van der Waals surface area contributed by atoms with Crippen molar-refractivity contribution in [2.75, 3.05) is 20.1 Å². The molecule has 1 N–H and O–H groups in total. The molecule has 0 amide bonds. The standard InChI is InChI=1S/C15H20N4/c1-19(13-15-6-2-3-8-18-15)10-9-17-12-14-5-4-7-16-11-14/h2-8,11,17H,9-10,12-13H2,1H3. The summed E-state index contributed by atoms with van der Waals surface area (Å²) in [5, 5.41) is 3.42. The van der Waals surface area contributed by atoms with E-state index in [1.165, 1.54) is 5.56 Å². The molecule has 0 aliphatic rings. The third-order valence-electron chi connectivity index (χ3n) is 2.88. The lowest BCUT2D eigenvalue weighted by Crippen LogP contribution is -2.28. The predicted octanol–water partition coefficient (Wildman–Crippen LogP) is 1.70. The van der Waals surface area contributed by atoms with Gasteiger partial charge in [0, 0.05) is 44.8 Å². The fourth-order valence-corrected chi connectivity index (χ4v) is 1.85. The third kappa shape index (κ3) is 5.16. The lowest BCUT2D eigenvalue weighted by molar-refractivity contribution is 0.320. The van der Waals surface area contributed by atoms with Crippen molar-refractivity contribution < 1.29 is 0 Å². The first-order valence-corrected chi connectivity index (χ1v) is 6.52. The summed E-state index contributed by atoms with van der Waals surface area (Å²) in [4.78, 5) is 10.7. The van der Waals surface area contributed by atoms with Gasteiger partial charge in [0.15, 0.2) is 0 Å². The van der Waals surface area contributed by atoms with Crippen molar-refractivity contribution in [2.24, 2.45) is 0 Å². The van der Waals surface area contributed by atoms with Gasteiger partial charge in [-0.2, -0.15) is 0 Å². The Morgan fingerprint density at radius 3 is 2.84 bits per heavy atom. The SMILES string of the molecule is CN(CCNCc1cccnc1)Cc1ccccn1. The number of nitrogens with one attached hydrogen (secondary N) is 1. The molecule has 2 rings (SSSR count). The van der Waals surface area contributed by atoms with E-state index in [1.807, 2.05) is 30.6 Å². The first-order valence-electron chi connectivity index (χ1n) is 6.52. The summed E-state index contributed by atoms with van der Waals surface area (Å²) in [5.41, 5.74) is 2.33. The Kier molecular flexibility index (Phi) is 5.47. The summed E-state index contributed by atoms with van der Waals surface area (Å²) in [5.74, 6) is 0. The lowest BCUT2D eigenvalue weighted by atomic mass is 10.3. The molecule has 4 heteroatoms. The molecule has 2 aromatic rings. The summed E-state index contributed by atoms with van der Waals surface area (Å²) in [6.07, 6.45) is 5.53. The van der Waals surface area contributed by atoms with Crippen LogP contribution in [0.15, 0.2) is 48.9 Å². The van der Waals surface area contributed by atoms with Crippen LogP contribution in [0.5, 0.6) is 0 Å². The smallest absolute Gasteiger partial charge is 0.0543 e. The number of aromatic nitrogens is 2. The number of hydrogen-bond acceptors (Lipinski definition) is 4. The summed E-state index contributed by atoms with van der Waals surface area (Å²) in [6, 6.07) is 10.1. The molecular weight excluding hydrogens is 236 g/mol. The van der Waals surface area contributed by atoms with E-state index in [0.717, 1.165) is 31.9 Å². The zero-order chi connectivity index (χ0) is 13.3. The molecular formula is C15H20N4. The van der Waals surface area contributed by atoms with Crippen LogP contribution < -0.4 is 5.32 Å². The number of pyridine rings is 2. The van der Waals surface area contributed by atoms with E-state index in [0.29, 0.717) is 0 Å². The molecule has 0 spiro atoms. The molecule has 100 valence electrons. The van der Waals surface area contributed by atoms with Gasteiger partial charge >= 0.3 is 0 Å². The summed E-state index contributed by atoms with van der Waals surface area (Å²) >= 11 is 0. The first kappa shape index (κ1) is 13.6. The average molecular weight is 256 g/mol. The molecule has 0 bridgehead atoms. The minimum absolute atomic E-state index is 0.866. The van der Waals surface area contributed by atoms with E-state index in [2.05, 4.69) is 39.4 Å². The molecule has 0 fully saturated rings. The summed E-state index contributed by atoms with van der Waals surface area (Å²) in [6.45, 7) is 3.70. The van der Waals surface area contributed by atoms with Crippen LogP contribution in [0.4, 0.5) is 0 Å². The quantitative estimate of drug-likeness (QED) is 0.766. The van der Waals surface area contributed by atoms with Crippen LogP contribution in [-0.4, -0.2) is 35.0 Å². The molecule has 19 heavy (non-hydrogen) atoms. The first-order chi connectivity index (χ1) is 9.34. The van der Waals surface area contributed by atoms with Crippen molar-refractivity contribution >= 4 is 0 Å². The molecule has 0 aliphatic carbocycles. The van der Waals surface area contributed by atoms with Gasteiger partial charge in [-0.1, -0.05) is 12.1 Å². The molecule has 0 radical (unpaired) electrons. The topological polar surface area (TPSA) is 41.0 Å². The highest BCUT2D eigenvalue weighted by Crippen LogP contribution is 1.98. The Labute approximate surface area is 114 Å². The van der Waals surface area contributed by atoms with E-state index in [1.54, 1.807) is 6.20 Å². The van der Waals surface area contributed by atoms with Crippen molar-refractivity contribution in [1.29, 1.82) is 0 Å². The number of likely N-dealkylation sites (N-methyl/N-ethyl adjacent to an activating group) is 1. The largest absolute Gasteiger partial charge is 0.311 e. The highest BCUT2D eigenvalue weighted by molar-refractivity contribution is 5.07.